The molecule has 3 heteroatoms. The van der Waals surface area contributed by atoms with Crippen LogP contribution >= 0.6 is 0 Å². The van der Waals surface area contributed by atoms with E-state index in [1.165, 1.54) is 0 Å². The van der Waals surface area contributed by atoms with E-state index in [0.717, 1.165) is 5.56 Å². The molecule has 0 bridgehead atoms. The molecule has 0 saturated carbocycles. The zero-order valence-electron chi connectivity index (χ0n) is 8.70. The fraction of sp³-hybridized carbons (Fsp3) is 0.364. The SMILES string of the molecule is Cc1cccc(N)c1C(=O)OC(C)C. The first-order chi connectivity index (χ1) is 6.52. The van der Waals surface area contributed by atoms with Crippen molar-refractivity contribution < 1.29 is 9.53 Å². The summed E-state index contributed by atoms with van der Waals surface area (Å²) in [6.07, 6.45) is -0.124. The minimum Gasteiger partial charge on any atom is -0.459 e. The maximum absolute atomic E-state index is 11.6. The topological polar surface area (TPSA) is 52.3 Å². The van der Waals surface area contributed by atoms with Gasteiger partial charge in [0.2, 0.25) is 0 Å². The molecule has 0 aliphatic rings. The van der Waals surface area contributed by atoms with Crippen LogP contribution in [0.25, 0.3) is 0 Å². The van der Waals surface area contributed by atoms with Gasteiger partial charge in [-0.3, -0.25) is 0 Å². The van der Waals surface area contributed by atoms with Crippen molar-refractivity contribution in [3.05, 3.63) is 29.3 Å². The lowest BCUT2D eigenvalue weighted by atomic mass is 10.1. The number of anilines is 1. The quantitative estimate of drug-likeness (QED) is 0.578. The van der Waals surface area contributed by atoms with Gasteiger partial charge in [-0.25, -0.2) is 4.79 Å². The summed E-state index contributed by atoms with van der Waals surface area (Å²) >= 11 is 0. The molecule has 0 unspecified atom stereocenters. The van der Waals surface area contributed by atoms with Crippen molar-refractivity contribution >= 4 is 11.7 Å². The van der Waals surface area contributed by atoms with Crippen molar-refractivity contribution in [2.75, 3.05) is 5.73 Å². The molecule has 0 radical (unpaired) electrons. The van der Waals surface area contributed by atoms with Crippen LogP contribution in [0.5, 0.6) is 0 Å². The number of carbonyl (C=O) groups excluding carboxylic acids is 1. The van der Waals surface area contributed by atoms with Crippen LogP contribution in [0.4, 0.5) is 5.69 Å². The van der Waals surface area contributed by atoms with Crippen molar-refractivity contribution in [3.63, 3.8) is 0 Å². The fourth-order valence-corrected chi connectivity index (χ4v) is 1.24. The van der Waals surface area contributed by atoms with Crippen LogP contribution in [0.2, 0.25) is 0 Å². The number of rotatable bonds is 2. The first kappa shape index (κ1) is 10.6. The van der Waals surface area contributed by atoms with E-state index in [9.17, 15) is 4.79 Å². The zero-order valence-corrected chi connectivity index (χ0v) is 8.70. The summed E-state index contributed by atoms with van der Waals surface area (Å²) in [6.45, 7) is 5.46. The number of aryl methyl sites for hydroxylation is 1. The fourth-order valence-electron chi connectivity index (χ4n) is 1.24. The summed E-state index contributed by atoms with van der Waals surface area (Å²) in [7, 11) is 0. The smallest absolute Gasteiger partial charge is 0.340 e. The largest absolute Gasteiger partial charge is 0.459 e. The third-order valence-electron chi connectivity index (χ3n) is 1.85. The van der Waals surface area contributed by atoms with Gasteiger partial charge in [-0.2, -0.15) is 0 Å². The van der Waals surface area contributed by atoms with Gasteiger partial charge < -0.3 is 10.5 Å². The number of benzene rings is 1. The van der Waals surface area contributed by atoms with Crippen molar-refractivity contribution in [2.24, 2.45) is 0 Å². The number of hydrogen-bond acceptors (Lipinski definition) is 3. The minimum absolute atomic E-state index is 0.124. The number of nitrogens with two attached hydrogens (primary N) is 1. The van der Waals surface area contributed by atoms with Crippen LogP contribution in [0.15, 0.2) is 18.2 Å². The lowest BCUT2D eigenvalue weighted by Gasteiger charge is -2.11. The van der Waals surface area contributed by atoms with E-state index >= 15 is 0 Å². The van der Waals surface area contributed by atoms with Gasteiger partial charge in [-0.15, -0.1) is 0 Å². The summed E-state index contributed by atoms with van der Waals surface area (Å²) in [4.78, 5) is 11.6. The Morgan fingerprint density at radius 1 is 1.43 bits per heavy atom. The molecular weight excluding hydrogens is 178 g/mol. The molecule has 0 amide bonds. The molecule has 1 rings (SSSR count). The standard InChI is InChI=1S/C11H15NO2/c1-7(2)14-11(13)10-8(3)5-4-6-9(10)12/h4-7H,12H2,1-3H3. The monoisotopic (exact) mass is 193 g/mol. The van der Waals surface area contributed by atoms with E-state index in [1.54, 1.807) is 6.07 Å². The molecule has 0 atom stereocenters. The van der Waals surface area contributed by atoms with Crippen molar-refractivity contribution in [2.45, 2.75) is 26.9 Å². The normalized spacial score (nSPS) is 10.3. The molecule has 0 spiro atoms. The van der Waals surface area contributed by atoms with E-state index in [2.05, 4.69) is 0 Å². The summed E-state index contributed by atoms with van der Waals surface area (Å²) < 4.78 is 5.08. The Morgan fingerprint density at radius 3 is 2.57 bits per heavy atom. The van der Waals surface area contributed by atoms with E-state index in [-0.39, 0.29) is 12.1 Å². The predicted molar refractivity (Wildman–Crippen MR) is 56.1 cm³/mol. The molecule has 0 aromatic heterocycles. The molecule has 0 saturated heterocycles. The highest BCUT2D eigenvalue weighted by molar-refractivity contribution is 5.96. The second kappa shape index (κ2) is 4.13. The lowest BCUT2D eigenvalue weighted by molar-refractivity contribution is 0.0378. The van der Waals surface area contributed by atoms with Crippen LogP contribution < -0.4 is 5.73 Å². The van der Waals surface area contributed by atoms with Gasteiger partial charge in [-0.05, 0) is 32.4 Å². The highest BCUT2D eigenvalue weighted by atomic mass is 16.5. The Labute approximate surface area is 83.9 Å². The number of nitrogen functional groups attached to an aromatic ring is 1. The van der Waals surface area contributed by atoms with Crippen LogP contribution in [0.1, 0.15) is 29.8 Å². The van der Waals surface area contributed by atoms with E-state index in [4.69, 9.17) is 10.5 Å². The van der Waals surface area contributed by atoms with E-state index < -0.39 is 0 Å². The Kier molecular flexibility index (Phi) is 3.12. The highest BCUT2D eigenvalue weighted by Gasteiger charge is 2.14. The number of carbonyl (C=O) groups is 1. The van der Waals surface area contributed by atoms with Gasteiger partial charge in [0.1, 0.15) is 0 Å². The van der Waals surface area contributed by atoms with Gasteiger partial charge in [0.25, 0.3) is 0 Å². The molecule has 1 aromatic carbocycles. The van der Waals surface area contributed by atoms with E-state index in [1.807, 2.05) is 32.9 Å². The zero-order chi connectivity index (χ0) is 10.7. The van der Waals surface area contributed by atoms with Gasteiger partial charge in [0, 0.05) is 5.69 Å². The Bertz CT molecular complexity index is 325. The van der Waals surface area contributed by atoms with Crippen molar-refractivity contribution in [1.82, 2.24) is 0 Å². The van der Waals surface area contributed by atoms with Crippen LogP contribution in [-0.4, -0.2) is 12.1 Å². The third kappa shape index (κ3) is 2.25. The van der Waals surface area contributed by atoms with Gasteiger partial charge in [-0.1, -0.05) is 12.1 Å². The molecule has 76 valence electrons. The van der Waals surface area contributed by atoms with Crippen LogP contribution in [0, 0.1) is 6.92 Å². The summed E-state index contributed by atoms with van der Waals surface area (Å²) in [5.41, 5.74) is 7.48. The van der Waals surface area contributed by atoms with E-state index in [0.29, 0.717) is 11.3 Å². The van der Waals surface area contributed by atoms with Crippen LogP contribution in [-0.2, 0) is 4.74 Å². The van der Waals surface area contributed by atoms with Crippen molar-refractivity contribution in [3.8, 4) is 0 Å². The molecule has 0 heterocycles. The maximum atomic E-state index is 11.6. The molecule has 14 heavy (non-hydrogen) atoms. The minimum atomic E-state index is -0.351. The van der Waals surface area contributed by atoms with Gasteiger partial charge in [0.05, 0.1) is 11.7 Å². The lowest BCUT2D eigenvalue weighted by Crippen LogP contribution is -2.14. The van der Waals surface area contributed by atoms with Gasteiger partial charge in [0.15, 0.2) is 0 Å². The predicted octanol–water partition coefficient (Wildman–Crippen LogP) is 2.14. The first-order valence-corrected chi connectivity index (χ1v) is 4.58. The molecule has 1 aromatic rings. The summed E-state index contributed by atoms with van der Waals surface area (Å²) in [5.74, 6) is -0.351. The second-order valence-electron chi connectivity index (χ2n) is 3.49. The number of ether oxygens (including phenoxy) is 1. The summed E-state index contributed by atoms with van der Waals surface area (Å²) in [5, 5.41) is 0. The molecule has 2 N–H and O–H groups in total. The van der Waals surface area contributed by atoms with Crippen molar-refractivity contribution in [1.29, 1.82) is 0 Å². The Morgan fingerprint density at radius 2 is 2.07 bits per heavy atom. The van der Waals surface area contributed by atoms with Gasteiger partial charge >= 0.3 is 5.97 Å². The highest BCUT2D eigenvalue weighted by Crippen LogP contribution is 2.17. The molecule has 0 fully saturated rings. The Hall–Kier alpha value is -1.51. The molecular formula is C11H15NO2. The Balaban J connectivity index is 3.00. The average Bonchev–Trinajstić information content (AvgIpc) is 2.01. The average molecular weight is 193 g/mol. The van der Waals surface area contributed by atoms with Crippen LogP contribution in [0.3, 0.4) is 0 Å². The first-order valence-electron chi connectivity index (χ1n) is 4.58. The second-order valence-corrected chi connectivity index (χ2v) is 3.49. The number of hydrogen-bond donors (Lipinski definition) is 1. The maximum Gasteiger partial charge on any atom is 0.340 e. The molecule has 0 aliphatic heterocycles. The molecule has 3 nitrogen and oxygen atoms in total. The molecule has 0 aliphatic carbocycles. The number of esters is 1. The third-order valence-corrected chi connectivity index (χ3v) is 1.85. The summed E-state index contributed by atoms with van der Waals surface area (Å²) in [6, 6.07) is 5.36.